The van der Waals surface area contributed by atoms with Crippen LogP contribution in [0.5, 0.6) is 0 Å². The average Bonchev–Trinajstić information content (AvgIpc) is 2.35. The second-order valence-electron chi connectivity index (χ2n) is 5.84. The summed E-state index contributed by atoms with van der Waals surface area (Å²) in [4.78, 5) is 3.33. The molecule has 5 heteroatoms. The number of rotatable bonds is 3. The molecular formula is C15H23N3OS. The largest absolute Gasteiger partial charge is 0.384 e. The summed E-state index contributed by atoms with van der Waals surface area (Å²) in [6, 6.07) is 6.09. The van der Waals surface area contributed by atoms with E-state index < -0.39 is 0 Å². The third-order valence-corrected chi connectivity index (χ3v) is 4.18. The van der Waals surface area contributed by atoms with Gasteiger partial charge in [-0.3, -0.25) is 5.41 Å². The normalized spacial score (nSPS) is 21.8. The third kappa shape index (κ3) is 3.10. The van der Waals surface area contributed by atoms with Crippen molar-refractivity contribution >= 4 is 23.3 Å². The molecule has 1 atom stereocenters. The van der Waals surface area contributed by atoms with Crippen molar-refractivity contribution in [2.24, 2.45) is 5.73 Å². The summed E-state index contributed by atoms with van der Waals surface area (Å²) in [5.74, 6) is 0.127. The zero-order valence-corrected chi connectivity index (χ0v) is 13.4. The molecule has 1 fully saturated rings. The molecule has 20 heavy (non-hydrogen) atoms. The van der Waals surface area contributed by atoms with Gasteiger partial charge in [0.25, 0.3) is 0 Å². The number of thioether (sulfide) groups is 1. The highest BCUT2D eigenvalue weighted by atomic mass is 32.2. The van der Waals surface area contributed by atoms with Gasteiger partial charge in [-0.1, -0.05) is 6.07 Å². The Morgan fingerprint density at radius 1 is 1.50 bits per heavy atom. The number of nitrogens with two attached hydrogens (primary N) is 1. The molecule has 2 rings (SSSR count). The molecule has 4 nitrogen and oxygen atoms in total. The van der Waals surface area contributed by atoms with E-state index in [0.717, 1.165) is 29.2 Å². The maximum Gasteiger partial charge on any atom is 0.126 e. The predicted molar refractivity (Wildman–Crippen MR) is 86.1 cm³/mol. The van der Waals surface area contributed by atoms with Crippen molar-refractivity contribution in [2.75, 3.05) is 24.2 Å². The Hall–Kier alpha value is -1.20. The number of hydrogen-bond donors (Lipinski definition) is 2. The standard InChI is InChI=1S/C15H23N3OS/c1-10-8-18(9-15(2,3)19-10)11-6-5-7-12(20-4)13(11)14(16)17/h5-7,10H,8-9H2,1-4H3,(H3,16,17). The van der Waals surface area contributed by atoms with Crippen molar-refractivity contribution in [1.29, 1.82) is 5.41 Å². The Morgan fingerprint density at radius 3 is 2.75 bits per heavy atom. The number of nitrogen functional groups attached to an aromatic ring is 1. The van der Waals surface area contributed by atoms with Crippen LogP contribution < -0.4 is 10.6 Å². The molecule has 1 heterocycles. The maximum absolute atomic E-state index is 7.89. The monoisotopic (exact) mass is 293 g/mol. The number of amidine groups is 1. The summed E-state index contributed by atoms with van der Waals surface area (Å²) in [7, 11) is 0. The Balaban J connectivity index is 2.44. The molecule has 0 aromatic heterocycles. The van der Waals surface area contributed by atoms with Gasteiger partial charge in [-0.2, -0.15) is 0 Å². The fraction of sp³-hybridized carbons (Fsp3) is 0.533. The molecule has 1 saturated heterocycles. The smallest absolute Gasteiger partial charge is 0.126 e. The van der Waals surface area contributed by atoms with Crippen LogP contribution in [0.25, 0.3) is 0 Å². The Kier molecular flexibility index (Phi) is 4.30. The van der Waals surface area contributed by atoms with Gasteiger partial charge in [0, 0.05) is 23.7 Å². The van der Waals surface area contributed by atoms with Gasteiger partial charge in [0.05, 0.1) is 17.3 Å². The van der Waals surface area contributed by atoms with Gasteiger partial charge < -0.3 is 15.4 Å². The van der Waals surface area contributed by atoms with E-state index >= 15 is 0 Å². The lowest BCUT2D eigenvalue weighted by molar-refractivity contribution is -0.0749. The third-order valence-electron chi connectivity index (χ3n) is 3.40. The molecule has 3 N–H and O–H groups in total. The quantitative estimate of drug-likeness (QED) is 0.511. The van der Waals surface area contributed by atoms with Crippen LogP contribution in [0, 0.1) is 5.41 Å². The van der Waals surface area contributed by atoms with Crippen LogP contribution in [0.3, 0.4) is 0 Å². The second kappa shape index (κ2) is 5.66. The minimum atomic E-state index is -0.193. The number of morpholine rings is 1. The van der Waals surface area contributed by atoms with E-state index in [-0.39, 0.29) is 17.5 Å². The van der Waals surface area contributed by atoms with Gasteiger partial charge >= 0.3 is 0 Å². The molecule has 0 bridgehead atoms. The first kappa shape index (κ1) is 15.2. The lowest BCUT2D eigenvalue weighted by Gasteiger charge is -2.43. The predicted octanol–water partition coefficient (Wildman–Crippen LogP) is 2.70. The van der Waals surface area contributed by atoms with Gasteiger partial charge in [0.2, 0.25) is 0 Å². The first-order chi connectivity index (χ1) is 9.34. The molecule has 0 aliphatic carbocycles. The molecule has 1 unspecified atom stereocenters. The van der Waals surface area contributed by atoms with E-state index in [1.807, 2.05) is 24.5 Å². The zero-order valence-electron chi connectivity index (χ0n) is 12.6. The number of nitrogens with zero attached hydrogens (tertiary/aromatic N) is 1. The van der Waals surface area contributed by atoms with Crippen LogP contribution in [-0.4, -0.2) is 36.9 Å². The van der Waals surface area contributed by atoms with Crippen molar-refractivity contribution in [1.82, 2.24) is 0 Å². The summed E-state index contributed by atoms with van der Waals surface area (Å²) in [5, 5.41) is 7.89. The number of nitrogens with one attached hydrogen (secondary N) is 1. The molecule has 1 aliphatic rings. The first-order valence-electron chi connectivity index (χ1n) is 6.78. The number of anilines is 1. The molecule has 0 amide bonds. The van der Waals surface area contributed by atoms with Gasteiger partial charge in [-0.15, -0.1) is 11.8 Å². The number of hydrogen-bond acceptors (Lipinski definition) is 4. The van der Waals surface area contributed by atoms with E-state index in [4.69, 9.17) is 15.9 Å². The van der Waals surface area contributed by atoms with E-state index in [1.54, 1.807) is 11.8 Å². The minimum Gasteiger partial charge on any atom is -0.384 e. The fourth-order valence-electron chi connectivity index (χ4n) is 2.86. The molecule has 0 spiro atoms. The van der Waals surface area contributed by atoms with Crippen LogP contribution in [-0.2, 0) is 4.74 Å². The summed E-state index contributed by atoms with van der Waals surface area (Å²) < 4.78 is 5.95. The molecule has 0 saturated carbocycles. The molecule has 110 valence electrons. The second-order valence-corrected chi connectivity index (χ2v) is 6.68. The summed E-state index contributed by atoms with van der Waals surface area (Å²) in [5.41, 5.74) is 7.49. The highest BCUT2D eigenvalue weighted by Gasteiger charge is 2.32. The molecule has 0 radical (unpaired) electrons. The molecular weight excluding hydrogens is 270 g/mol. The Labute approximate surface area is 125 Å². The van der Waals surface area contributed by atoms with E-state index in [9.17, 15) is 0 Å². The van der Waals surface area contributed by atoms with Crippen LogP contribution in [0.15, 0.2) is 23.1 Å². The highest BCUT2D eigenvalue weighted by molar-refractivity contribution is 7.98. The molecule has 1 aromatic carbocycles. The van der Waals surface area contributed by atoms with Crippen molar-refractivity contribution in [3.63, 3.8) is 0 Å². The van der Waals surface area contributed by atoms with E-state index in [2.05, 4.69) is 25.7 Å². The molecule has 1 aliphatic heterocycles. The first-order valence-corrected chi connectivity index (χ1v) is 8.00. The van der Waals surface area contributed by atoms with Crippen LogP contribution in [0.1, 0.15) is 26.3 Å². The van der Waals surface area contributed by atoms with Crippen LogP contribution in [0.2, 0.25) is 0 Å². The average molecular weight is 293 g/mol. The van der Waals surface area contributed by atoms with Gasteiger partial charge in [0.15, 0.2) is 0 Å². The van der Waals surface area contributed by atoms with Crippen molar-refractivity contribution in [3.05, 3.63) is 23.8 Å². The fourth-order valence-corrected chi connectivity index (χ4v) is 3.49. The lowest BCUT2D eigenvalue weighted by atomic mass is 10.0. The Morgan fingerprint density at radius 2 is 2.20 bits per heavy atom. The Bertz CT molecular complexity index is 516. The zero-order chi connectivity index (χ0) is 14.9. The molecule has 1 aromatic rings. The van der Waals surface area contributed by atoms with E-state index in [0.29, 0.717) is 0 Å². The van der Waals surface area contributed by atoms with Gasteiger partial charge in [-0.25, -0.2) is 0 Å². The van der Waals surface area contributed by atoms with Crippen LogP contribution in [0.4, 0.5) is 5.69 Å². The summed E-state index contributed by atoms with van der Waals surface area (Å²) in [6.45, 7) is 7.90. The lowest BCUT2D eigenvalue weighted by Crippen LogP contribution is -2.52. The minimum absolute atomic E-state index is 0.127. The number of benzene rings is 1. The van der Waals surface area contributed by atoms with Gasteiger partial charge in [-0.05, 0) is 39.2 Å². The van der Waals surface area contributed by atoms with E-state index in [1.165, 1.54) is 0 Å². The summed E-state index contributed by atoms with van der Waals surface area (Å²) >= 11 is 1.62. The van der Waals surface area contributed by atoms with Crippen molar-refractivity contribution in [3.8, 4) is 0 Å². The topological polar surface area (TPSA) is 62.3 Å². The van der Waals surface area contributed by atoms with Crippen molar-refractivity contribution < 1.29 is 4.74 Å². The van der Waals surface area contributed by atoms with Crippen LogP contribution >= 0.6 is 11.8 Å². The van der Waals surface area contributed by atoms with Gasteiger partial charge in [0.1, 0.15) is 5.84 Å². The SMILES string of the molecule is CSc1cccc(N2CC(C)OC(C)(C)C2)c1C(=N)N. The highest BCUT2D eigenvalue weighted by Crippen LogP contribution is 2.33. The maximum atomic E-state index is 7.89. The number of ether oxygens (including phenoxy) is 1. The summed E-state index contributed by atoms with van der Waals surface area (Å²) in [6.07, 6.45) is 2.17. The van der Waals surface area contributed by atoms with Crippen molar-refractivity contribution in [2.45, 2.75) is 37.4 Å².